The average Bonchev–Trinajstić information content (AvgIpc) is 1.90. The Labute approximate surface area is 57.0 Å². The molecule has 1 aliphatic heterocycles. The lowest BCUT2D eigenvalue weighted by Crippen LogP contribution is -2.47. The van der Waals surface area contributed by atoms with Crippen molar-refractivity contribution in [3.63, 3.8) is 0 Å². The molecule has 0 aromatic carbocycles. The van der Waals surface area contributed by atoms with Crippen LogP contribution >= 0.6 is 0 Å². The van der Waals surface area contributed by atoms with Gasteiger partial charge in [-0.3, -0.25) is 0 Å². The van der Waals surface area contributed by atoms with Gasteiger partial charge in [-0.25, -0.2) is 5.32 Å². The van der Waals surface area contributed by atoms with E-state index < -0.39 is 0 Å². The second-order valence-electron chi connectivity index (χ2n) is 2.93. The van der Waals surface area contributed by atoms with Crippen LogP contribution in [0.2, 0.25) is 0 Å². The molecule has 1 rings (SSSR count). The van der Waals surface area contributed by atoms with Crippen molar-refractivity contribution in [2.24, 2.45) is 5.92 Å². The van der Waals surface area contributed by atoms with E-state index in [0.717, 1.165) is 25.6 Å². The zero-order chi connectivity index (χ0) is 6.69. The number of hydrogen-bond donors (Lipinski definition) is 1. The first-order valence-electron chi connectivity index (χ1n) is 3.67. The van der Waals surface area contributed by atoms with Crippen LogP contribution in [-0.4, -0.2) is 25.7 Å². The minimum absolute atomic E-state index is 0.638. The van der Waals surface area contributed by atoms with Gasteiger partial charge in [0.25, 0.3) is 0 Å². The normalized spacial score (nSPS) is 29.0. The van der Waals surface area contributed by atoms with Gasteiger partial charge >= 0.3 is 0 Å². The molecular weight excluding hydrogens is 112 g/mol. The first-order chi connectivity index (χ1) is 4.30. The van der Waals surface area contributed by atoms with Crippen LogP contribution in [0.3, 0.4) is 0 Å². The molecule has 2 nitrogen and oxygen atoms in total. The van der Waals surface area contributed by atoms with E-state index in [-0.39, 0.29) is 0 Å². The molecule has 1 atom stereocenters. The minimum atomic E-state index is 0.638. The van der Waals surface area contributed by atoms with Crippen molar-refractivity contribution in [1.82, 2.24) is 10.6 Å². The Kier molecular flexibility index (Phi) is 2.49. The van der Waals surface area contributed by atoms with Gasteiger partial charge in [-0.2, -0.15) is 0 Å². The van der Waals surface area contributed by atoms with E-state index in [1.807, 2.05) is 0 Å². The van der Waals surface area contributed by atoms with Crippen LogP contribution in [-0.2, 0) is 0 Å². The number of rotatable bonds is 1. The topological polar surface area (TPSA) is 26.1 Å². The maximum Gasteiger partial charge on any atom is 0.0290 e. The van der Waals surface area contributed by atoms with E-state index in [2.05, 4.69) is 24.5 Å². The van der Waals surface area contributed by atoms with E-state index in [0.29, 0.717) is 6.04 Å². The molecule has 0 aromatic rings. The predicted molar refractivity (Wildman–Crippen MR) is 38.5 cm³/mol. The third kappa shape index (κ3) is 1.95. The van der Waals surface area contributed by atoms with Gasteiger partial charge in [0.05, 0.1) is 0 Å². The molecule has 1 unspecified atom stereocenters. The van der Waals surface area contributed by atoms with Gasteiger partial charge in [0, 0.05) is 25.7 Å². The summed E-state index contributed by atoms with van der Waals surface area (Å²) in [5.74, 6) is 0.731. The molecule has 1 fully saturated rings. The summed E-state index contributed by atoms with van der Waals surface area (Å²) in [6.07, 6.45) is 0. The summed E-state index contributed by atoms with van der Waals surface area (Å²) in [4.78, 5) is 0. The molecule has 0 aromatic heterocycles. The van der Waals surface area contributed by atoms with Crippen LogP contribution in [0.15, 0.2) is 0 Å². The number of nitrogens with zero attached hydrogens (tertiary/aromatic N) is 1. The Hall–Kier alpha value is -0.0800. The highest BCUT2D eigenvalue weighted by atomic mass is 15.1. The Balaban J connectivity index is 2.23. The fourth-order valence-electron chi connectivity index (χ4n) is 1.07. The molecule has 1 N–H and O–H groups in total. The molecule has 0 saturated carbocycles. The lowest BCUT2D eigenvalue weighted by Gasteiger charge is -2.26. The van der Waals surface area contributed by atoms with E-state index in [1.165, 1.54) is 0 Å². The van der Waals surface area contributed by atoms with Crippen molar-refractivity contribution < 1.29 is 0 Å². The lowest BCUT2D eigenvalue weighted by molar-refractivity contribution is 0.338. The molecule has 0 amide bonds. The molecule has 1 aliphatic rings. The summed E-state index contributed by atoms with van der Waals surface area (Å²) in [6, 6.07) is 0.638. The molecule has 2 heteroatoms. The van der Waals surface area contributed by atoms with Crippen LogP contribution < -0.4 is 10.6 Å². The summed E-state index contributed by atoms with van der Waals surface area (Å²) in [5, 5.41) is 7.74. The summed E-state index contributed by atoms with van der Waals surface area (Å²) in [5.41, 5.74) is 0. The molecule has 1 saturated heterocycles. The van der Waals surface area contributed by atoms with E-state index in [4.69, 9.17) is 0 Å². The highest BCUT2D eigenvalue weighted by Crippen LogP contribution is 2.01. The van der Waals surface area contributed by atoms with Crippen LogP contribution in [0.25, 0.3) is 0 Å². The average molecular weight is 127 g/mol. The minimum Gasteiger partial charge on any atom is -0.311 e. The highest BCUT2D eigenvalue weighted by Gasteiger charge is 2.15. The van der Waals surface area contributed by atoms with Crippen molar-refractivity contribution in [2.75, 3.05) is 19.6 Å². The second-order valence-corrected chi connectivity index (χ2v) is 2.93. The lowest BCUT2D eigenvalue weighted by atomic mass is 10.0. The SMILES string of the molecule is CC(C)C1C[N]CCN1. The van der Waals surface area contributed by atoms with Crippen molar-refractivity contribution >= 4 is 0 Å². The molecule has 53 valence electrons. The maximum atomic E-state index is 4.32. The standard InChI is InChI=1S/C7H15N2/c1-6(2)7-5-8-3-4-9-7/h6-7,9H,3-5H2,1-2H3. The van der Waals surface area contributed by atoms with Crippen molar-refractivity contribution in [3.8, 4) is 0 Å². The fourth-order valence-corrected chi connectivity index (χ4v) is 1.07. The Morgan fingerprint density at radius 2 is 2.33 bits per heavy atom. The highest BCUT2D eigenvalue weighted by molar-refractivity contribution is 4.77. The number of nitrogens with one attached hydrogen (secondary N) is 1. The summed E-state index contributed by atoms with van der Waals surface area (Å²) in [7, 11) is 0. The molecule has 9 heavy (non-hydrogen) atoms. The molecule has 1 heterocycles. The molecular formula is C7H15N2. The van der Waals surface area contributed by atoms with Crippen molar-refractivity contribution in [1.29, 1.82) is 0 Å². The fraction of sp³-hybridized carbons (Fsp3) is 1.00. The van der Waals surface area contributed by atoms with Crippen LogP contribution in [0, 0.1) is 5.92 Å². The van der Waals surface area contributed by atoms with Gasteiger partial charge in [-0.15, -0.1) is 0 Å². The third-order valence-corrected chi connectivity index (χ3v) is 1.81. The summed E-state index contributed by atoms with van der Waals surface area (Å²) in [6.45, 7) is 7.56. The number of piperazine rings is 1. The predicted octanol–water partition coefficient (Wildman–Crippen LogP) is 0.219. The molecule has 0 aliphatic carbocycles. The number of hydrogen-bond acceptors (Lipinski definition) is 1. The Morgan fingerprint density at radius 3 is 2.67 bits per heavy atom. The van der Waals surface area contributed by atoms with Gasteiger partial charge < -0.3 is 5.32 Å². The van der Waals surface area contributed by atoms with Gasteiger partial charge in [0.2, 0.25) is 0 Å². The van der Waals surface area contributed by atoms with E-state index >= 15 is 0 Å². The van der Waals surface area contributed by atoms with E-state index in [1.54, 1.807) is 0 Å². The quantitative estimate of drug-likeness (QED) is 0.535. The van der Waals surface area contributed by atoms with Gasteiger partial charge in [-0.1, -0.05) is 13.8 Å². The van der Waals surface area contributed by atoms with Crippen LogP contribution in [0.1, 0.15) is 13.8 Å². The maximum absolute atomic E-state index is 4.32. The van der Waals surface area contributed by atoms with Gasteiger partial charge in [0.15, 0.2) is 0 Å². The van der Waals surface area contributed by atoms with Crippen molar-refractivity contribution in [2.45, 2.75) is 19.9 Å². The van der Waals surface area contributed by atoms with Crippen LogP contribution in [0.4, 0.5) is 0 Å². The first-order valence-corrected chi connectivity index (χ1v) is 3.67. The first kappa shape index (κ1) is 7.03. The van der Waals surface area contributed by atoms with Gasteiger partial charge in [-0.05, 0) is 5.92 Å². The zero-order valence-corrected chi connectivity index (χ0v) is 6.22. The second kappa shape index (κ2) is 3.18. The molecule has 0 bridgehead atoms. The Morgan fingerprint density at radius 1 is 1.56 bits per heavy atom. The van der Waals surface area contributed by atoms with E-state index in [9.17, 15) is 0 Å². The Bertz CT molecular complexity index is 75.0. The largest absolute Gasteiger partial charge is 0.311 e. The van der Waals surface area contributed by atoms with Crippen molar-refractivity contribution in [3.05, 3.63) is 0 Å². The monoisotopic (exact) mass is 127 g/mol. The summed E-state index contributed by atoms with van der Waals surface area (Å²) < 4.78 is 0. The third-order valence-electron chi connectivity index (χ3n) is 1.81. The zero-order valence-electron chi connectivity index (χ0n) is 6.22. The smallest absolute Gasteiger partial charge is 0.0290 e. The molecule has 0 spiro atoms. The molecule has 1 radical (unpaired) electrons. The van der Waals surface area contributed by atoms with Crippen LogP contribution in [0.5, 0.6) is 0 Å². The summed E-state index contributed by atoms with van der Waals surface area (Å²) >= 11 is 0. The van der Waals surface area contributed by atoms with Gasteiger partial charge in [0.1, 0.15) is 0 Å².